The molecule has 3 rings (SSSR count). The number of nitrogens with zero attached hydrogens (tertiary/aromatic N) is 2. The molecule has 2 aromatic carbocycles. The maximum absolute atomic E-state index is 12.5. The summed E-state index contributed by atoms with van der Waals surface area (Å²) in [5.41, 5.74) is 2.53. The first-order valence-electron chi connectivity index (χ1n) is 8.32. The van der Waals surface area contributed by atoms with Gasteiger partial charge < -0.3 is 4.90 Å². The van der Waals surface area contributed by atoms with Gasteiger partial charge in [-0.3, -0.25) is 9.69 Å². The molecule has 1 aliphatic rings. The number of piperazine rings is 1. The smallest absolute Gasteiger partial charge is 0.237 e. The zero-order chi connectivity index (χ0) is 16.1. The fourth-order valence-electron chi connectivity index (χ4n) is 3.14. The van der Waals surface area contributed by atoms with Crippen LogP contribution in [0, 0.1) is 0 Å². The Hall–Kier alpha value is -2.13. The first-order valence-corrected chi connectivity index (χ1v) is 8.32. The Morgan fingerprint density at radius 2 is 1.57 bits per heavy atom. The number of carbonyl (C=O) groups is 1. The van der Waals surface area contributed by atoms with Crippen LogP contribution in [0.2, 0.25) is 0 Å². The highest BCUT2D eigenvalue weighted by molar-refractivity contribution is 5.79. The van der Waals surface area contributed by atoms with Crippen LogP contribution in [0.4, 0.5) is 0 Å². The molecule has 0 radical (unpaired) electrons. The van der Waals surface area contributed by atoms with Crippen molar-refractivity contribution in [2.24, 2.45) is 0 Å². The van der Waals surface area contributed by atoms with Crippen LogP contribution in [0.25, 0.3) is 0 Å². The van der Waals surface area contributed by atoms with Crippen molar-refractivity contribution in [2.75, 3.05) is 19.6 Å². The minimum absolute atomic E-state index is 0.236. The molecule has 1 unspecified atom stereocenters. The fraction of sp³-hybridized carbons (Fsp3) is 0.350. The summed E-state index contributed by atoms with van der Waals surface area (Å²) in [6, 6.07) is 21.1. The van der Waals surface area contributed by atoms with Gasteiger partial charge in [-0.05, 0) is 24.5 Å². The quantitative estimate of drug-likeness (QED) is 0.848. The zero-order valence-corrected chi connectivity index (χ0v) is 13.7. The molecule has 0 spiro atoms. The van der Waals surface area contributed by atoms with Crippen LogP contribution < -0.4 is 0 Å². The van der Waals surface area contributed by atoms with E-state index in [4.69, 9.17) is 0 Å². The molecule has 1 heterocycles. The van der Waals surface area contributed by atoms with Gasteiger partial charge in [0, 0.05) is 25.7 Å². The lowest BCUT2D eigenvalue weighted by Crippen LogP contribution is -2.55. The summed E-state index contributed by atoms with van der Waals surface area (Å²) < 4.78 is 0. The van der Waals surface area contributed by atoms with Gasteiger partial charge >= 0.3 is 0 Å². The highest BCUT2D eigenvalue weighted by Crippen LogP contribution is 2.15. The Bertz CT molecular complexity index is 627. The van der Waals surface area contributed by atoms with E-state index in [1.165, 1.54) is 11.1 Å². The third kappa shape index (κ3) is 4.20. The summed E-state index contributed by atoms with van der Waals surface area (Å²) in [4.78, 5) is 16.7. The number of hydrogen-bond acceptors (Lipinski definition) is 2. The van der Waals surface area contributed by atoms with Crippen molar-refractivity contribution in [1.29, 1.82) is 0 Å². The van der Waals surface area contributed by atoms with Crippen molar-refractivity contribution in [3.8, 4) is 0 Å². The molecule has 0 saturated carbocycles. The van der Waals surface area contributed by atoms with E-state index in [0.717, 1.165) is 26.1 Å². The Morgan fingerprint density at radius 1 is 0.957 bits per heavy atom. The lowest BCUT2D eigenvalue weighted by Gasteiger charge is -2.39. The van der Waals surface area contributed by atoms with Crippen LogP contribution in [-0.4, -0.2) is 41.4 Å². The molecule has 23 heavy (non-hydrogen) atoms. The molecule has 1 aliphatic heterocycles. The van der Waals surface area contributed by atoms with E-state index in [1.807, 2.05) is 29.2 Å². The summed E-state index contributed by atoms with van der Waals surface area (Å²) in [7, 11) is 0. The first kappa shape index (κ1) is 15.8. The average molecular weight is 308 g/mol. The summed E-state index contributed by atoms with van der Waals surface area (Å²) >= 11 is 0. The second-order valence-corrected chi connectivity index (χ2v) is 6.31. The van der Waals surface area contributed by atoms with Crippen molar-refractivity contribution in [2.45, 2.75) is 25.9 Å². The van der Waals surface area contributed by atoms with Gasteiger partial charge in [-0.2, -0.15) is 0 Å². The SMILES string of the molecule is CC1CN(Cc2ccccc2)C(=O)CN1CCc1ccccc1. The third-order valence-electron chi connectivity index (χ3n) is 4.55. The molecule has 0 N–H and O–H groups in total. The number of hydrogen-bond donors (Lipinski definition) is 0. The molecule has 0 aromatic heterocycles. The maximum Gasteiger partial charge on any atom is 0.237 e. The van der Waals surface area contributed by atoms with Crippen LogP contribution in [-0.2, 0) is 17.8 Å². The van der Waals surface area contributed by atoms with Crippen molar-refractivity contribution in [3.63, 3.8) is 0 Å². The molecule has 0 bridgehead atoms. The summed E-state index contributed by atoms with van der Waals surface area (Å²) in [5.74, 6) is 0.236. The molecule has 1 saturated heterocycles. The van der Waals surface area contributed by atoms with Crippen LogP contribution in [0.3, 0.4) is 0 Å². The van der Waals surface area contributed by atoms with Crippen molar-refractivity contribution < 1.29 is 4.79 Å². The van der Waals surface area contributed by atoms with Gasteiger partial charge in [0.25, 0.3) is 0 Å². The first-order chi connectivity index (χ1) is 11.2. The standard InChI is InChI=1S/C20H24N2O/c1-17-14-22(15-19-10-6-3-7-11-19)20(23)16-21(17)13-12-18-8-4-2-5-9-18/h2-11,17H,12-16H2,1H3. The van der Waals surface area contributed by atoms with Crippen LogP contribution >= 0.6 is 0 Å². The van der Waals surface area contributed by atoms with Gasteiger partial charge in [0.2, 0.25) is 5.91 Å². The highest BCUT2D eigenvalue weighted by Gasteiger charge is 2.28. The predicted octanol–water partition coefficient (Wildman–Crippen LogP) is 2.96. The number of carbonyl (C=O) groups excluding carboxylic acids is 1. The molecule has 1 fully saturated rings. The van der Waals surface area contributed by atoms with Gasteiger partial charge in [0.15, 0.2) is 0 Å². The van der Waals surface area contributed by atoms with Gasteiger partial charge in [-0.15, -0.1) is 0 Å². The minimum atomic E-state index is 0.236. The summed E-state index contributed by atoms with van der Waals surface area (Å²) in [5, 5.41) is 0. The lowest BCUT2D eigenvalue weighted by atomic mass is 10.1. The topological polar surface area (TPSA) is 23.6 Å². The van der Waals surface area contributed by atoms with Crippen molar-refractivity contribution in [3.05, 3.63) is 71.8 Å². The number of rotatable bonds is 5. The fourth-order valence-corrected chi connectivity index (χ4v) is 3.14. The Morgan fingerprint density at radius 3 is 2.22 bits per heavy atom. The van der Waals surface area contributed by atoms with E-state index in [0.29, 0.717) is 12.6 Å². The normalized spacial score (nSPS) is 19.1. The Labute approximate surface area is 138 Å². The van der Waals surface area contributed by atoms with Crippen molar-refractivity contribution >= 4 is 5.91 Å². The summed E-state index contributed by atoms with van der Waals surface area (Å²) in [6.07, 6.45) is 0.997. The molecule has 120 valence electrons. The van der Waals surface area contributed by atoms with E-state index in [-0.39, 0.29) is 5.91 Å². The second kappa shape index (κ2) is 7.42. The van der Waals surface area contributed by atoms with Gasteiger partial charge in [0.1, 0.15) is 0 Å². The average Bonchev–Trinajstić information content (AvgIpc) is 2.58. The van der Waals surface area contributed by atoms with Gasteiger partial charge in [-0.1, -0.05) is 60.7 Å². The minimum Gasteiger partial charge on any atom is -0.336 e. The Balaban J connectivity index is 1.55. The molecular weight excluding hydrogens is 284 g/mol. The molecule has 1 atom stereocenters. The molecule has 0 aliphatic carbocycles. The largest absolute Gasteiger partial charge is 0.336 e. The zero-order valence-electron chi connectivity index (χ0n) is 13.7. The summed E-state index contributed by atoms with van der Waals surface area (Å²) in [6.45, 7) is 5.21. The van der Waals surface area contributed by atoms with E-state index >= 15 is 0 Å². The molecule has 3 nitrogen and oxygen atoms in total. The van der Waals surface area contributed by atoms with Crippen molar-refractivity contribution in [1.82, 2.24) is 9.80 Å². The molecule has 1 amide bonds. The molecule has 2 aromatic rings. The Kier molecular flexibility index (Phi) is 5.09. The molecule has 3 heteroatoms. The van der Waals surface area contributed by atoms with E-state index in [2.05, 4.69) is 48.2 Å². The van der Waals surface area contributed by atoms with Crippen LogP contribution in [0.5, 0.6) is 0 Å². The van der Waals surface area contributed by atoms with Gasteiger partial charge in [0.05, 0.1) is 6.54 Å². The monoisotopic (exact) mass is 308 g/mol. The highest BCUT2D eigenvalue weighted by atomic mass is 16.2. The maximum atomic E-state index is 12.5. The molecular formula is C20H24N2O. The lowest BCUT2D eigenvalue weighted by molar-refractivity contribution is -0.138. The predicted molar refractivity (Wildman–Crippen MR) is 93.0 cm³/mol. The van der Waals surface area contributed by atoms with E-state index in [9.17, 15) is 4.79 Å². The van der Waals surface area contributed by atoms with Crippen LogP contribution in [0.1, 0.15) is 18.1 Å². The van der Waals surface area contributed by atoms with Gasteiger partial charge in [-0.25, -0.2) is 0 Å². The van der Waals surface area contributed by atoms with E-state index in [1.54, 1.807) is 0 Å². The second-order valence-electron chi connectivity index (χ2n) is 6.31. The van der Waals surface area contributed by atoms with Crippen LogP contribution in [0.15, 0.2) is 60.7 Å². The third-order valence-corrected chi connectivity index (χ3v) is 4.55. The number of amides is 1. The number of benzene rings is 2. The van der Waals surface area contributed by atoms with E-state index < -0.39 is 0 Å².